The molecule has 1 heterocycles. The fraction of sp³-hybridized carbons (Fsp3) is 0.625. The first-order valence-electron chi connectivity index (χ1n) is 7.14. The lowest BCUT2D eigenvalue weighted by molar-refractivity contribution is 0.314. The van der Waals surface area contributed by atoms with Crippen LogP contribution in [0.15, 0.2) is 24.3 Å². The first kappa shape index (κ1) is 13.4. The maximum atomic E-state index is 3.64. The predicted octanol–water partition coefficient (Wildman–Crippen LogP) is 3.39. The van der Waals surface area contributed by atoms with E-state index in [0.29, 0.717) is 5.92 Å². The average Bonchev–Trinajstić information content (AvgIpc) is 2.39. The summed E-state index contributed by atoms with van der Waals surface area (Å²) < 4.78 is 0. The van der Waals surface area contributed by atoms with Crippen LogP contribution >= 0.6 is 0 Å². The van der Waals surface area contributed by atoms with E-state index in [0.717, 1.165) is 19.6 Å². The minimum atomic E-state index is 0.256. The Bertz CT molecular complexity index is 400. The molecular weight excluding hydrogens is 220 g/mol. The van der Waals surface area contributed by atoms with Gasteiger partial charge >= 0.3 is 0 Å². The third-order valence-electron chi connectivity index (χ3n) is 4.16. The predicted molar refractivity (Wildman–Crippen MR) is 79.4 cm³/mol. The van der Waals surface area contributed by atoms with Crippen molar-refractivity contribution in [2.24, 2.45) is 0 Å². The van der Waals surface area contributed by atoms with Gasteiger partial charge in [-0.05, 0) is 37.0 Å². The second-order valence-electron chi connectivity index (χ2n) is 6.01. The van der Waals surface area contributed by atoms with E-state index in [1.54, 1.807) is 0 Å². The fourth-order valence-electron chi connectivity index (χ4n) is 2.59. The average molecular weight is 246 g/mol. The minimum absolute atomic E-state index is 0.256. The van der Waals surface area contributed by atoms with Gasteiger partial charge in [0.2, 0.25) is 0 Å². The molecule has 0 aliphatic carbocycles. The van der Waals surface area contributed by atoms with Crippen LogP contribution in [-0.4, -0.2) is 25.2 Å². The highest BCUT2D eigenvalue weighted by Gasteiger charge is 2.28. The highest BCUT2D eigenvalue weighted by atomic mass is 15.2. The Kier molecular flexibility index (Phi) is 3.96. The number of nitrogens with one attached hydrogen (secondary N) is 1. The minimum Gasteiger partial charge on any atom is -0.368 e. The quantitative estimate of drug-likeness (QED) is 0.879. The molecule has 0 spiro atoms. The number of piperazine rings is 1. The Hall–Kier alpha value is -1.02. The standard InChI is InChI=1S/C16H26N2/c1-5-16(4)12-18(10-9-17-16)15-8-6-7-14(11-15)13(2)3/h6-8,11,13,17H,5,9-10,12H2,1-4H3. The van der Waals surface area contributed by atoms with Gasteiger partial charge < -0.3 is 10.2 Å². The van der Waals surface area contributed by atoms with E-state index in [2.05, 4.69) is 62.2 Å². The van der Waals surface area contributed by atoms with E-state index in [-0.39, 0.29) is 5.54 Å². The van der Waals surface area contributed by atoms with Crippen LogP contribution in [-0.2, 0) is 0 Å². The smallest absolute Gasteiger partial charge is 0.0370 e. The van der Waals surface area contributed by atoms with Gasteiger partial charge in [-0.25, -0.2) is 0 Å². The summed E-state index contributed by atoms with van der Waals surface area (Å²) in [4.78, 5) is 2.52. The van der Waals surface area contributed by atoms with E-state index in [9.17, 15) is 0 Å². The molecule has 1 saturated heterocycles. The molecule has 1 unspecified atom stereocenters. The van der Waals surface area contributed by atoms with Crippen LogP contribution in [0.1, 0.15) is 45.6 Å². The molecule has 0 bridgehead atoms. The van der Waals surface area contributed by atoms with Crippen LogP contribution in [0.25, 0.3) is 0 Å². The van der Waals surface area contributed by atoms with E-state index in [4.69, 9.17) is 0 Å². The molecule has 1 N–H and O–H groups in total. The monoisotopic (exact) mass is 246 g/mol. The first-order valence-corrected chi connectivity index (χ1v) is 7.14. The van der Waals surface area contributed by atoms with E-state index >= 15 is 0 Å². The molecule has 0 amide bonds. The maximum Gasteiger partial charge on any atom is 0.0370 e. The van der Waals surface area contributed by atoms with Gasteiger partial charge in [0.15, 0.2) is 0 Å². The van der Waals surface area contributed by atoms with Gasteiger partial charge in [0, 0.05) is 30.9 Å². The maximum absolute atomic E-state index is 3.64. The van der Waals surface area contributed by atoms with Crippen molar-refractivity contribution < 1.29 is 0 Å². The first-order chi connectivity index (χ1) is 8.54. The van der Waals surface area contributed by atoms with Gasteiger partial charge in [-0.15, -0.1) is 0 Å². The fourth-order valence-corrected chi connectivity index (χ4v) is 2.59. The molecule has 2 heteroatoms. The lowest BCUT2D eigenvalue weighted by Gasteiger charge is -2.42. The van der Waals surface area contributed by atoms with Crippen molar-refractivity contribution in [3.63, 3.8) is 0 Å². The Morgan fingerprint density at radius 1 is 1.39 bits per heavy atom. The van der Waals surface area contributed by atoms with Crippen LogP contribution < -0.4 is 10.2 Å². The summed E-state index contributed by atoms with van der Waals surface area (Å²) >= 11 is 0. The summed E-state index contributed by atoms with van der Waals surface area (Å²) in [6, 6.07) is 9.02. The number of rotatable bonds is 3. The number of anilines is 1. The second kappa shape index (κ2) is 5.31. The molecule has 1 fully saturated rings. The topological polar surface area (TPSA) is 15.3 Å². The van der Waals surface area contributed by atoms with Crippen molar-refractivity contribution in [1.82, 2.24) is 5.32 Å². The van der Waals surface area contributed by atoms with Gasteiger partial charge in [-0.1, -0.05) is 32.9 Å². The third-order valence-corrected chi connectivity index (χ3v) is 4.16. The zero-order valence-corrected chi connectivity index (χ0v) is 12.2. The van der Waals surface area contributed by atoms with Crippen LogP contribution in [0.5, 0.6) is 0 Å². The molecule has 1 aliphatic rings. The molecule has 0 saturated carbocycles. The SMILES string of the molecule is CCC1(C)CN(c2cccc(C(C)C)c2)CCN1. The van der Waals surface area contributed by atoms with Crippen LogP contribution in [0.4, 0.5) is 5.69 Å². The van der Waals surface area contributed by atoms with E-state index in [1.807, 2.05) is 0 Å². The molecule has 2 rings (SSSR count). The normalized spacial score (nSPS) is 24.6. The van der Waals surface area contributed by atoms with Crippen molar-refractivity contribution in [2.75, 3.05) is 24.5 Å². The molecule has 1 aromatic rings. The summed E-state index contributed by atoms with van der Waals surface area (Å²) in [6.07, 6.45) is 1.17. The Labute approximate surface area is 111 Å². The molecule has 1 aliphatic heterocycles. The lowest BCUT2D eigenvalue weighted by atomic mass is 9.95. The highest BCUT2D eigenvalue weighted by Crippen LogP contribution is 2.25. The second-order valence-corrected chi connectivity index (χ2v) is 6.01. The Morgan fingerprint density at radius 3 is 2.83 bits per heavy atom. The number of benzene rings is 1. The molecule has 100 valence electrons. The third kappa shape index (κ3) is 2.86. The Morgan fingerprint density at radius 2 is 2.17 bits per heavy atom. The summed E-state index contributed by atoms with van der Waals surface area (Å²) in [5.74, 6) is 0.602. The molecular formula is C16H26N2. The van der Waals surface area contributed by atoms with Crippen molar-refractivity contribution in [3.05, 3.63) is 29.8 Å². The zero-order chi connectivity index (χ0) is 13.2. The van der Waals surface area contributed by atoms with Crippen LogP contribution in [0.2, 0.25) is 0 Å². The molecule has 18 heavy (non-hydrogen) atoms. The number of hydrogen-bond donors (Lipinski definition) is 1. The van der Waals surface area contributed by atoms with Crippen molar-refractivity contribution in [1.29, 1.82) is 0 Å². The summed E-state index contributed by atoms with van der Waals surface area (Å²) in [5, 5.41) is 3.64. The van der Waals surface area contributed by atoms with E-state index < -0.39 is 0 Å². The van der Waals surface area contributed by atoms with Crippen LogP contribution in [0, 0.1) is 0 Å². The van der Waals surface area contributed by atoms with Crippen molar-refractivity contribution >= 4 is 5.69 Å². The Balaban J connectivity index is 2.18. The molecule has 1 atom stereocenters. The van der Waals surface area contributed by atoms with Gasteiger partial charge in [0.25, 0.3) is 0 Å². The zero-order valence-electron chi connectivity index (χ0n) is 12.2. The summed E-state index contributed by atoms with van der Waals surface area (Å²) in [6.45, 7) is 12.4. The highest BCUT2D eigenvalue weighted by molar-refractivity contribution is 5.50. The van der Waals surface area contributed by atoms with Gasteiger partial charge in [0.1, 0.15) is 0 Å². The summed E-state index contributed by atoms with van der Waals surface area (Å²) in [7, 11) is 0. The summed E-state index contributed by atoms with van der Waals surface area (Å²) in [5.41, 5.74) is 3.07. The molecule has 1 aromatic carbocycles. The van der Waals surface area contributed by atoms with Crippen LogP contribution in [0.3, 0.4) is 0 Å². The molecule has 2 nitrogen and oxygen atoms in total. The van der Waals surface area contributed by atoms with Crippen molar-refractivity contribution in [3.8, 4) is 0 Å². The van der Waals surface area contributed by atoms with Gasteiger partial charge in [0.05, 0.1) is 0 Å². The van der Waals surface area contributed by atoms with Gasteiger partial charge in [-0.3, -0.25) is 0 Å². The van der Waals surface area contributed by atoms with Crippen molar-refractivity contribution in [2.45, 2.75) is 45.6 Å². The van der Waals surface area contributed by atoms with E-state index in [1.165, 1.54) is 17.7 Å². The van der Waals surface area contributed by atoms with Gasteiger partial charge in [-0.2, -0.15) is 0 Å². The molecule has 0 aromatic heterocycles. The largest absolute Gasteiger partial charge is 0.368 e. The number of hydrogen-bond acceptors (Lipinski definition) is 2. The molecule has 0 radical (unpaired) electrons. The number of nitrogens with zero attached hydrogens (tertiary/aromatic N) is 1. The lowest BCUT2D eigenvalue weighted by Crippen LogP contribution is -2.58.